The maximum Gasteiger partial charge on any atom is 0.418 e. The zero-order valence-electron chi connectivity index (χ0n) is 8.13. The van der Waals surface area contributed by atoms with Crippen molar-refractivity contribution in [1.82, 2.24) is 0 Å². The fourth-order valence-corrected chi connectivity index (χ4v) is 2.03. The second-order valence-corrected chi connectivity index (χ2v) is 4.66. The summed E-state index contributed by atoms with van der Waals surface area (Å²) in [5, 5.41) is -1.46. The molecule has 0 fully saturated rings. The number of alkyl halides is 8. The topological polar surface area (TPSA) is 0 Å². The van der Waals surface area contributed by atoms with Crippen LogP contribution < -0.4 is 0 Å². The van der Waals surface area contributed by atoms with Gasteiger partial charge in [0.2, 0.25) is 0 Å². The van der Waals surface area contributed by atoms with Crippen molar-refractivity contribution < 1.29 is 26.3 Å². The van der Waals surface area contributed by atoms with E-state index in [9.17, 15) is 26.3 Å². The van der Waals surface area contributed by atoms with Gasteiger partial charge in [0, 0.05) is 0 Å². The van der Waals surface area contributed by atoms with Gasteiger partial charge in [-0.3, -0.25) is 0 Å². The lowest BCUT2D eigenvalue weighted by molar-refractivity contribution is -0.143. The van der Waals surface area contributed by atoms with Crippen molar-refractivity contribution in [1.29, 1.82) is 0 Å². The second kappa shape index (κ2) is 4.98. The van der Waals surface area contributed by atoms with E-state index in [2.05, 4.69) is 0 Å². The molecule has 1 aromatic carbocycles. The van der Waals surface area contributed by atoms with Crippen LogP contribution in [0.4, 0.5) is 26.3 Å². The Hall–Kier alpha value is -0.330. The molecule has 102 valence electrons. The molecule has 1 aromatic rings. The monoisotopic (exact) mass is 330 g/mol. The molecule has 18 heavy (non-hydrogen) atoms. The van der Waals surface area contributed by atoms with Crippen molar-refractivity contribution in [3.63, 3.8) is 0 Å². The predicted octanol–water partition coefficient (Wildman–Crippen LogP) is 5.85. The van der Waals surface area contributed by atoms with Gasteiger partial charge in [-0.1, -0.05) is 17.7 Å². The highest BCUT2D eigenvalue weighted by atomic mass is 35.5. The van der Waals surface area contributed by atoms with Gasteiger partial charge < -0.3 is 0 Å². The maximum absolute atomic E-state index is 12.7. The molecule has 0 amide bonds. The quantitative estimate of drug-likeness (QED) is 0.447. The molecule has 0 saturated carbocycles. The molecule has 0 aliphatic carbocycles. The fraction of sp³-hybridized carbons (Fsp3) is 0.333. The SMILES string of the molecule is FC(F)(F)c1ccc(C(Cl)Cl)c(C(F)(F)F)c1Cl. The van der Waals surface area contributed by atoms with Crippen LogP contribution in [0, 0.1) is 0 Å². The molecule has 1 rings (SSSR count). The Kier molecular flexibility index (Phi) is 4.35. The highest BCUT2D eigenvalue weighted by molar-refractivity contribution is 6.44. The summed E-state index contributed by atoms with van der Waals surface area (Å²) in [6.07, 6.45) is -10.1. The maximum atomic E-state index is 12.7. The number of benzene rings is 1. The summed E-state index contributed by atoms with van der Waals surface area (Å²) in [4.78, 5) is -1.64. The third kappa shape index (κ3) is 3.16. The smallest absolute Gasteiger partial charge is 0.166 e. The summed E-state index contributed by atoms with van der Waals surface area (Å²) in [6.45, 7) is 0. The Morgan fingerprint density at radius 2 is 1.39 bits per heavy atom. The molecule has 0 aromatic heterocycles. The van der Waals surface area contributed by atoms with Crippen molar-refractivity contribution >= 4 is 34.8 Å². The van der Waals surface area contributed by atoms with Crippen LogP contribution in [-0.4, -0.2) is 0 Å². The van der Waals surface area contributed by atoms with Crippen molar-refractivity contribution in [2.24, 2.45) is 0 Å². The Labute approximate surface area is 112 Å². The minimum Gasteiger partial charge on any atom is -0.166 e. The molecular weight excluding hydrogens is 328 g/mol. The van der Waals surface area contributed by atoms with Gasteiger partial charge in [0.05, 0.1) is 16.1 Å². The summed E-state index contributed by atoms with van der Waals surface area (Å²) < 4.78 is 75.3. The third-order valence-corrected chi connectivity index (χ3v) is 2.86. The van der Waals surface area contributed by atoms with Crippen LogP contribution in [0.25, 0.3) is 0 Å². The largest absolute Gasteiger partial charge is 0.418 e. The van der Waals surface area contributed by atoms with Crippen LogP contribution in [0.2, 0.25) is 5.02 Å². The van der Waals surface area contributed by atoms with Gasteiger partial charge in [-0.25, -0.2) is 0 Å². The van der Waals surface area contributed by atoms with E-state index < -0.39 is 38.9 Å². The summed E-state index contributed by atoms with van der Waals surface area (Å²) in [5.41, 5.74) is -3.98. The van der Waals surface area contributed by atoms with Crippen LogP contribution >= 0.6 is 34.8 Å². The average Bonchev–Trinajstić information content (AvgIpc) is 2.12. The Bertz CT molecular complexity index is 449. The molecule has 0 aliphatic heterocycles. The molecule has 0 saturated heterocycles. The van der Waals surface area contributed by atoms with Gasteiger partial charge >= 0.3 is 12.4 Å². The van der Waals surface area contributed by atoms with Crippen molar-refractivity contribution in [2.45, 2.75) is 17.2 Å². The van der Waals surface area contributed by atoms with E-state index in [4.69, 9.17) is 34.8 Å². The first-order valence-corrected chi connectivity index (χ1v) is 5.46. The van der Waals surface area contributed by atoms with Crippen LogP contribution in [0.15, 0.2) is 12.1 Å². The first-order chi connectivity index (χ1) is 7.96. The summed E-state index contributed by atoms with van der Waals surface area (Å²) in [6, 6.07) is 0.965. The highest BCUT2D eigenvalue weighted by Gasteiger charge is 2.42. The molecule has 0 heterocycles. The Morgan fingerprint density at radius 3 is 1.72 bits per heavy atom. The first kappa shape index (κ1) is 15.7. The zero-order valence-corrected chi connectivity index (χ0v) is 10.4. The first-order valence-electron chi connectivity index (χ1n) is 4.21. The number of hydrogen-bond donors (Lipinski definition) is 0. The lowest BCUT2D eigenvalue weighted by Gasteiger charge is -2.18. The summed E-state index contributed by atoms with van der Waals surface area (Å²) >= 11 is 15.7. The van der Waals surface area contributed by atoms with Crippen molar-refractivity contribution in [3.8, 4) is 0 Å². The van der Waals surface area contributed by atoms with E-state index >= 15 is 0 Å². The predicted molar refractivity (Wildman–Crippen MR) is 55.9 cm³/mol. The lowest BCUT2D eigenvalue weighted by atomic mass is 10.0. The van der Waals surface area contributed by atoms with Crippen LogP contribution in [0.1, 0.15) is 21.5 Å². The van der Waals surface area contributed by atoms with Gasteiger partial charge in [0.25, 0.3) is 0 Å². The molecule has 0 N–H and O–H groups in total. The molecule has 0 aliphatic rings. The minimum absolute atomic E-state index is 0.407. The Morgan fingerprint density at radius 1 is 0.889 bits per heavy atom. The van der Waals surface area contributed by atoms with Crippen molar-refractivity contribution in [2.75, 3.05) is 0 Å². The third-order valence-electron chi connectivity index (χ3n) is 2.00. The Balaban J connectivity index is 3.61. The summed E-state index contributed by atoms with van der Waals surface area (Å²) in [5.74, 6) is 0. The van der Waals surface area contributed by atoms with E-state index in [-0.39, 0.29) is 0 Å². The van der Waals surface area contributed by atoms with Gasteiger partial charge in [-0.2, -0.15) is 26.3 Å². The molecule has 9 heteroatoms. The second-order valence-electron chi connectivity index (χ2n) is 3.19. The number of hydrogen-bond acceptors (Lipinski definition) is 0. The van der Waals surface area contributed by atoms with E-state index in [0.717, 1.165) is 0 Å². The van der Waals surface area contributed by atoms with Gasteiger partial charge in [0.1, 0.15) is 4.84 Å². The van der Waals surface area contributed by atoms with Crippen LogP contribution in [0.3, 0.4) is 0 Å². The molecule has 0 radical (unpaired) electrons. The van der Waals surface area contributed by atoms with E-state index in [1.54, 1.807) is 0 Å². The van der Waals surface area contributed by atoms with Crippen LogP contribution in [0.5, 0.6) is 0 Å². The van der Waals surface area contributed by atoms with Crippen molar-refractivity contribution in [3.05, 3.63) is 33.8 Å². The van der Waals surface area contributed by atoms with E-state index in [0.29, 0.717) is 12.1 Å². The molecule has 0 bridgehead atoms. The van der Waals surface area contributed by atoms with Gasteiger partial charge in [-0.05, 0) is 11.6 Å². The highest BCUT2D eigenvalue weighted by Crippen LogP contribution is 2.46. The minimum atomic E-state index is -5.09. The van der Waals surface area contributed by atoms with Gasteiger partial charge in [0.15, 0.2) is 0 Å². The number of halogens is 9. The standard InChI is InChI=1S/C9H3Cl3F6/c10-6-4(8(13,14)15)2-1-3(7(11)12)5(6)9(16,17)18/h1-2,7H. The molecule has 0 unspecified atom stereocenters. The van der Waals surface area contributed by atoms with E-state index in [1.165, 1.54) is 0 Å². The summed E-state index contributed by atoms with van der Waals surface area (Å²) in [7, 11) is 0. The van der Waals surface area contributed by atoms with Crippen LogP contribution in [-0.2, 0) is 12.4 Å². The fourth-order valence-electron chi connectivity index (χ4n) is 1.28. The number of rotatable bonds is 1. The van der Waals surface area contributed by atoms with E-state index in [1.807, 2.05) is 0 Å². The lowest BCUT2D eigenvalue weighted by Crippen LogP contribution is -2.15. The molecular formula is C9H3Cl3F6. The zero-order chi connectivity index (χ0) is 14.3. The molecule has 0 atom stereocenters. The average molecular weight is 331 g/mol. The molecule has 0 spiro atoms. The normalized spacial score (nSPS) is 13.2. The van der Waals surface area contributed by atoms with Gasteiger partial charge in [-0.15, -0.1) is 23.2 Å². The molecule has 0 nitrogen and oxygen atoms in total.